The van der Waals surface area contributed by atoms with Crippen molar-refractivity contribution in [1.29, 1.82) is 0 Å². The quantitative estimate of drug-likeness (QED) is 0.496. The third-order valence-electron chi connectivity index (χ3n) is 5.13. The Hall–Kier alpha value is -3.32. The van der Waals surface area contributed by atoms with E-state index in [-0.39, 0.29) is 42.2 Å². The topological polar surface area (TPSA) is 157 Å². The van der Waals surface area contributed by atoms with E-state index in [1.807, 2.05) is 0 Å². The van der Waals surface area contributed by atoms with Crippen molar-refractivity contribution < 1.29 is 22.9 Å². The molecule has 0 unspecified atom stereocenters. The third-order valence-corrected chi connectivity index (χ3v) is 6.90. The molecule has 31 heavy (non-hydrogen) atoms. The molecule has 1 aromatic carbocycles. The van der Waals surface area contributed by atoms with E-state index in [2.05, 4.69) is 15.8 Å². The minimum Gasteiger partial charge on any atom is -0.337 e. The van der Waals surface area contributed by atoms with Crippen LogP contribution in [0.4, 0.5) is 5.69 Å². The maximum absolute atomic E-state index is 12.7. The number of carbonyl (C=O) groups excluding carboxylic acids is 2. The molecule has 1 fully saturated rings. The summed E-state index contributed by atoms with van der Waals surface area (Å²) in [7, 11) is -2.03. The predicted octanol–water partition coefficient (Wildman–Crippen LogP) is 0.499. The average Bonchev–Trinajstić information content (AvgIpc) is 3.11. The lowest BCUT2D eigenvalue weighted by Gasteiger charge is -2.29. The molecule has 3 rings (SSSR count). The van der Waals surface area contributed by atoms with E-state index < -0.39 is 32.7 Å². The van der Waals surface area contributed by atoms with Crippen molar-refractivity contribution in [3.05, 3.63) is 52.0 Å². The second-order valence-electron chi connectivity index (χ2n) is 7.17. The molecule has 12 nitrogen and oxygen atoms in total. The van der Waals surface area contributed by atoms with E-state index in [1.54, 1.807) is 18.5 Å². The Morgan fingerprint density at radius 2 is 1.90 bits per heavy atom. The van der Waals surface area contributed by atoms with Crippen LogP contribution in [0.15, 0.2) is 35.5 Å². The second kappa shape index (κ2) is 8.81. The number of non-ortho nitro benzene ring substituents is 1. The maximum Gasteiger partial charge on any atom is 0.270 e. The molecule has 2 amide bonds. The van der Waals surface area contributed by atoms with E-state index >= 15 is 0 Å². The fourth-order valence-electron chi connectivity index (χ4n) is 3.19. The van der Waals surface area contributed by atoms with Crippen LogP contribution in [0.1, 0.15) is 29.0 Å². The van der Waals surface area contributed by atoms with Crippen LogP contribution < -0.4 is 10.9 Å². The molecule has 1 aromatic heterocycles. The van der Waals surface area contributed by atoms with Gasteiger partial charge in [-0.05, 0) is 25.8 Å². The first kappa shape index (κ1) is 22.4. The number of aryl methyl sites for hydroxylation is 2. The molecule has 0 aliphatic carbocycles. The lowest BCUT2D eigenvalue weighted by atomic mass is 9.98. The van der Waals surface area contributed by atoms with Gasteiger partial charge in [0.25, 0.3) is 21.6 Å². The normalized spacial score (nSPS) is 15.4. The number of nitro benzene ring substituents is 1. The summed E-state index contributed by atoms with van der Waals surface area (Å²) in [4.78, 5) is 38.8. The Labute approximate surface area is 178 Å². The molecule has 0 atom stereocenters. The lowest BCUT2D eigenvalue weighted by Crippen LogP contribution is -2.48. The number of nitro groups is 1. The average molecular weight is 450 g/mol. The van der Waals surface area contributed by atoms with Gasteiger partial charge in [0.2, 0.25) is 5.91 Å². The van der Waals surface area contributed by atoms with Crippen LogP contribution >= 0.6 is 0 Å². The maximum atomic E-state index is 12.7. The van der Waals surface area contributed by atoms with Gasteiger partial charge in [-0.1, -0.05) is 6.07 Å². The Morgan fingerprint density at radius 3 is 2.48 bits per heavy atom. The number of nitrogens with zero attached hydrogens (tertiary/aromatic N) is 4. The molecular weight excluding hydrogens is 428 g/mol. The minimum atomic E-state index is -3.74. The van der Waals surface area contributed by atoms with Crippen LogP contribution in [0, 0.1) is 23.0 Å². The van der Waals surface area contributed by atoms with Gasteiger partial charge in [-0.25, -0.2) is 13.4 Å². The van der Waals surface area contributed by atoms with Gasteiger partial charge in [-0.3, -0.25) is 30.6 Å². The zero-order valence-electron chi connectivity index (χ0n) is 16.9. The number of imidazole rings is 1. The zero-order valence-corrected chi connectivity index (χ0v) is 17.8. The van der Waals surface area contributed by atoms with Crippen LogP contribution in [0.25, 0.3) is 0 Å². The highest BCUT2D eigenvalue weighted by atomic mass is 32.2. The summed E-state index contributed by atoms with van der Waals surface area (Å²) in [6, 6.07) is 5.11. The van der Waals surface area contributed by atoms with E-state index in [0.717, 1.165) is 6.07 Å². The first-order valence-corrected chi connectivity index (χ1v) is 10.9. The molecule has 13 heteroatoms. The summed E-state index contributed by atoms with van der Waals surface area (Å²) in [6.45, 7) is 2.00. The molecule has 0 saturated carbocycles. The smallest absolute Gasteiger partial charge is 0.270 e. The summed E-state index contributed by atoms with van der Waals surface area (Å²) >= 11 is 0. The minimum absolute atomic E-state index is 0.0281. The van der Waals surface area contributed by atoms with Crippen molar-refractivity contribution in [2.45, 2.75) is 24.8 Å². The number of rotatable bonds is 5. The van der Waals surface area contributed by atoms with E-state index in [0.29, 0.717) is 5.82 Å². The summed E-state index contributed by atoms with van der Waals surface area (Å²) in [5.41, 5.74) is 4.32. The lowest BCUT2D eigenvalue weighted by molar-refractivity contribution is -0.384. The molecule has 2 N–H and O–H groups in total. The van der Waals surface area contributed by atoms with E-state index in [1.165, 1.54) is 28.7 Å². The molecule has 2 heterocycles. The van der Waals surface area contributed by atoms with Gasteiger partial charge >= 0.3 is 0 Å². The first-order chi connectivity index (χ1) is 14.6. The van der Waals surface area contributed by atoms with Crippen molar-refractivity contribution >= 4 is 27.5 Å². The summed E-state index contributed by atoms with van der Waals surface area (Å²) in [6.07, 6.45) is 2.01. The van der Waals surface area contributed by atoms with Gasteiger partial charge in [0.05, 0.1) is 4.92 Å². The highest BCUT2D eigenvalue weighted by Crippen LogP contribution is 2.23. The van der Waals surface area contributed by atoms with E-state index in [4.69, 9.17) is 0 Å². The summed E-state index contributed by atoms with van der Waals surface area (Å²) < 4.78 is 28.4. The molecule has 0 radical (unpaired) electrons. The van der Waals surface area contributed by atoms with Crippen LogP contribution in [0.5, 0.6) is 0 Å². The number of sulfonamides is 1. The largest absolute Gasteiger partial charge is 0.337 e. The van der Waals surface area contributed by atoms with Crippen molar-refractivity contribution in [1.82, 2.24) is 24.7 Å². The number of benzene rings is 1. The summed E-state index contributed by atoms with van der Waals surface area (Å²) in [5, 5.41) is 10.8. The molecule has 1 aliphatic heterocycles. The number of hydrazine groups is 1. The van der Waals surface area contributed by atoms with Crippen LogP contribution in [0.3, 0.4) is 0 Å². The van der Waals surface area contributed by atoms with Gasteiger partial charge in [-0.15, -0.1) is 0 Å². The van der Waals surface area contributed by atoms with Gasteiger partial charge < -0.3 is 4.57 Å². The highest BCUT2D eigenvalue weighted by Gasteiger charge is 2.33. The number of nitrogens with one attached hydrogen (secondary N) is 2. The fraction of sp³-hybridized carbons (Fsp3) is 0.389. The summed E-state index contributed by atoms with van der Waals surface area (Å²) in [5.74, 6) is -1.05. The van der Waals surface area contributed by atoms with E-state index in [9.17, 15) is 28.1 Å². The molecule has 0 bridgehead atoms. The number of aromatic nitrogens is 2. The number of hydrogen-bond donors (Lipinski definition) is 2. The van der Waals surface area contributed by atoms with Crippen molar-refractivity contribution in [3.8, 4) is 0 Å². The third kappa shape index (κ3) is 4.88. The number of amides is 2. The van der Waals surface area contributed by atoms with Crippen molar-refractivity contribution in [2.24, 2.45) is 13.0 Å². The Morgan fingerprint density at radius 1 is 1.23 bits per heavy atom. The van der Waals surface area contributed by atoms with Gasteiger partial charge in [0.15, 0.2) is 5.03 Å². The van der Waals surface area contributed by atoms with Gasteiger partial charge in [0, 0.05) is 49.9 Å². The van der Waals surface area contributed by atoms with Crippen LogP contribution in [-0.4, -0.2) is 52.1 Å². The second-order valence-corrected chi connectivity index (χ2v) is 9.05. The standard InChI is InChI=1S/C18H22N6O6S/c1-12-19-16(11-22(12)2)31(29,30)23-8-6-13(7-9-23)17(25)20-21-18(26)14-4-3-5-15(10-14)24(27)28/h3-5,10-11,13H,6-9H2,1-2H3,(H,20,25)(H,21,26). The number of carbonyl (C=O) groups is 2. The number of hydrogen-bond acceptors (Lipinski definition) is 7. The number of piperidine rings is 1. The van der Waals surface area contributed by atoms with Gasteiger partial charge in [-0.2, -0.15) is 4.31 Å². The van der Waals surface area contributed by atoms with Crippen molar-refractivity contribution in [2.75, 3.05) is 13.1 Å². The molecule has 1 saturated heterocycles. The molecule has 0 spiro atoms. The van der Waals surface area contributed by atoms with Crippen molar-refractivity contribution in [3.63, 3.8) is 0 Å². The van der Waals surface area contributed by atoms with Crippen LogP contribution in [-0.2, 0) is 21.9 Å². The fourth-order valence-corrected chi connectivity index (χ4v) is 4.69. The first-order valence-electron chi connectivity index (χ1n) is 9.44. The monoisotopic (exact) mass is 450 g/mol. The highest BCUT2D eigenvalue weighted by molar-refractivity contribution is 7.89. The molecule has 1 aliphatic rings. The molecule has 166 valence electrons. The molecular formula is C18H22N6O6S. The predicted molar refractivity (Wildman–Crippen MR) is 108 cm³/mol. The Kier molecular flexibility index (Phi) is 6.36. The zero-order chi connectivity index (χ0) is 22.8. The Balaban J connectivity index is 1.54. The van der Waals surface area contributed by atoms with Crippen LogP contribution in [0.2, 0.25) is 0 Å². The molecule has 2 aromatic rings. The SMILES string of the molecule is Cc1nc(S(=O)(=O)N2CCC(C(=O)NNC(=O)c3cccc([N+](=O)[O-])c3)CC2)cn1C. The van der Waals surface area contributed by atoms with Gasteiger partial charge in [0.1, 0.15) is 5.82 Å². The Bertz CT molecular complexity index is 1100.